The van der Waals surface area contributed by atoms with Crippen LogP contribution in [-0.4, -0.2) is 68.5 Å². The highest BCUT2D eigenvalue weighted by Gasteiger charge is 2.40. The molecule has 5 rings (SSSR count). The number of nitrogens with one attached hydrogen (secondary N) is 2. The molecule has 2 saturated heterocycles. The molecular weight excluding hydrogens is 517 g/mol. The Balaban J connectivity index is 1.16. The van der Waals surface area contributed by atoms with E-state index in [1.807, 2.05) is 23.0 Å². The molecule has 39 heavy (non-hydrogen) atoms. The molecule has 0 aliphatic carbocycles. The molecular formula is C26H29F3N6O4. The van der Waals surface area contributed by atoms with Crippen LogP contribution in [0.1, 0.15) is 66.1 Å². The van der Waals surface area contributed by atoms with E-state index in [4.69, 9.17) is 0 Å². The van der Waals surface area contributed by atoms with Gasteiger partial charge in [-0.1, -0.05) is 12.1 Å². The van der Waals surface area contributed by atoms with E-state index in [1.165, 1.54) is 9.80 Å². The molecule has 10 nitrogen and oxygen atoms in total. The Labute approximate surface area is 222 Å². The Morgan fingerprint density at radius 2 is 1.90 bits per heavy atom. The number of hydrogen-bond donors (Lipinski definition) is 2. The number of carbonyl (C=O) groups is 4. The summed E-state index contributed by atoms with van der Waals surface area (Å²) in [7, 11) is 0. The number of carbonyl (C=O) groups excluding carboxylic acids is 4. The monoisotopic (exact) mass is 546 g/mol. The third kappa shape index (κ3) is 5.91. The van der Waals surface area contributed by atoms with Crippen molar-refractivity contribution < 1.29 is 32.3 Å². The van der Waals surface area contributed by atoms with Gasteiger partial charge in [-0.2, -0.15) is 18.3 Å². The Morgan fingerprint density at radius 1 is 1.13 bits per heavy atom. The first-order valence-electron chi connectivity index (χ1n) is 13.0. The molecule has 2 N–H and O–H groups in total. The summed E-state index contributed by atoms with van der Waals surface area (Å²) >= 11 is 0. The zero-order chi connectivity index (χ0) is 27.7. The zero-order valence-electron chi connectivity index (χ0n) is 21.2. The lowest BCUT2D eigenvalue weighted by Crippen LogP contribution is -2.52. The molecule has 4 heterocycles. The highest BCUT2D eigenvalue weighted by Crippen LogP contribution is 2.33. The van der Waals surface area contributed by atoms with Crippen molar-refractivity contribution in [2.24, 2.45) is 0 Å². The number of rotatable bonds is 7. The molecule has 3 aliphatic rings. The predicted octanol–water partition coefficient (Wildman–Crippen LogP) is 2.76. The number of aromatic nitrogens is 2. The number of nitrogens with zero attached hydrogens (tertiary/aromatic N) is 4. The Hall–Kier alpha value is -3.90. The van der Waals surface area contributed by atoms with Gasteiger partial charge in [0.05, 0.1) is 24.2 Å². The topological polar surface area (TPSA) is 117 Å². The van der Waals surface area contributed by atoms with Crippen LogP contribution in [0.2, 0.25) is 0 Å². The van der Waals surface area contributed by atoms with Crippen LogP contribution in [0.5, 0.6) is 0 Å². The van der Waals surface area contributed by atoms with Gasteiger partial charge >= 0.3 is 6.18 Å². The van der Waals surface area contributed by atoms with Crippen molar-refractivity contribution in [3.63, 3.8) is 0 Å². The van der Waals surface area contributed by atoms with Gasteiger partial charge in [0, 0.05) is 56.5 Å². The summed E-state index contributed by atoms with van der Waals surface area (Å²) in [5, 5.41) is 10.0. The summed E-state index contributed by atoms with van der Waals surface area (Å²) in [4.78, 5) is 52.2. The van der Waals surface area contributed by atoms with Crippen LogP contribution >= 0.6 is 0 Å². The molecule has 13 heteroatoms. The largest absolute Gasteiger partial charge is 0.389 e. The number of anilines is 1. The quantitative estimate of drug-likeness (QED) is 0.516. The number of fused-ring (bicyclic) bond motifs is 1. The van der Waals surface area contributed by atoms with Crippen LogP contribution in [0.15, 0.2) is 30.6 Å². The number of likely N-dealkylation sites (tertiary alicyclic amines) is 1. The number of imide groups is 1. The number of piperidine rings is 2. The van der Waals surface area contributed by atoms with E-state index in [9.17, 15) is 32.3 Å². The second-order valence-electron chi connectivity index (χ2n) is 10.1. The normalized spacial score (nSPS) is 20.3. The van der Waals surface area contributed by atoms with Crippen molar-refractivity contribution in [1.82, 2.24) is 24.9 Å². The minimum atomic E-state index is -4.34. The van der Waals surface area contributed by atoms with E-state index >= 15 is 0 Å². The second kappa shape index (κ2) is 10.7. The summed E-state index contributed by atoms with van der Waals surface area (Å²) in [6.07, 6.45) is -0.672. The second-order valence-corrected chi connectivity index (χ2v) is 10.1. The van der Waals surface area contributed by atoms with Gasteiger partial charge in [-0.3, -0.25) is 29.2 Å². The van der Waals surface area contributed by atoms with E-state index < -0.39 is 36.9 Å². The Morgan fingerprint density at radius 3 is 2.62 bits per heavy atom. The van der Waals surface area contributed by atoms with Gasteiger partial charge in [-0.15, -0.1) is 0 Å². The molecule has 0 spiro atoms. The fourth-order valence-corrected chi connectivity index (χ4v) is 5.41. The van der Waals surface area contributed by atoms with Crippen molar-refractivity contribution in [3.05, 3.63) is 47.3 Å². The van der Waals surface area contributed by atoms with Crippen LogP contribution < -0.4 is 10.6 Å². The first kappa shape index (κ1) is 26.7. The van der Waals surface area contributed by atoms with Gasteiger partial charge in [-0.05, 0) is 30.9 Å². The van der Waals surface area contributed by atoms with Crippen LogP contribution in [0.4, 0.5) is 18.9 Å². The number of alkyl halides is 3. The molecule has 1 aromatic heterocycles. The average molecular weight is 547 g/mol. The molecule has 3 aliphatic heterocycles. The zero-order valence-corrected chi connectivity index (χ0v) is 21.2. The highest BCUT2D eigenvalue weighted by molar-refractivity contribution is 6.07. The molecule has 4 amide bonds. The van der Waals surface area contributed by atoms with Crippen LogP contribution in [0, 0.1) is 0 Å². The smallest absolute Gasteiger partial charge is 0.380 e. The maximum atomic E-state index is 13.3. The van der Waals surface area contributed by atoms with Crippen molar-refractivity contribution in [3.8, 4) is 0 Å². The fraction of sp³-hybridized carbons (Fsp3) is 0.500. The average Bonchev–Trinajstić information content (AvgIpc) is 3.51. The Bertz CT molecular complexity index is 1280. The number of benzene rings is 1. The maximum Gasteiger partial charge on any atom is 0.389 e. The van der Waals surface area contributed by atoms with E-state index in [1.54, 1.807) is 12.3 Å². The number of halogens is 3. The molecule has 1 atom stereocenters. The molecule has 1 unspecified atom stereocenters. The van der Waals surface area contributed by atoms with E-state index in [2.05, 4.69) is 15.7 Å². The van der Waals surface area contributed by atoms with Crippen LogP contribution in [0.3, 0.4) is 0 Å². The summed E-state index contributed by atoms with van der Waals surface area (Å²) < 4.78 is 39.1. The Kier molecular flexibility index (Phi) is 7.32. The summed E-state index contributed by atoms with van der Waals surface area (Å²) in [5.74, 6) is -1.51. The fourth-order valence-electron chi connectivity index (χ4n) is 5.41. The van der Waals surface area contributed by atoms with Crippen molar-refractivity contribution in [1.29, 1.82) is 0 Å². The van der Waals surface area contributed by atoms with Crippen molar-refractivity contribution >= 4 is 29.3 Å². The van der Waals surface area contributed by atoms with Gasteiger partial charge in [0.25, 0.3) is 5.91 Å². The van der Waals surface area contributed by atoms with E-state index in [0.29, 0.717) is 56.7 Å². The van der Waals surface area contributed by atoms with Crippen LogP contribution in [0.25, 0.3) is 0 Å². The lowest BCUT2D eigenvalue weighted by molar-refractivity contribution is -0.149. The molecule has 208 valence electrons. The minimum absolute atomic E-state index is 0.0371. The maximum absolute atomic E-state index is 13.3. The molecule has 0 radical (unpaired) electrons. The van der Waals surface area contributed by atoms with Crippen LogP contribution in [-0.2, 0) is 27.5 Å². The van der Waals surface area contributed by atoms with Gasteiger partial charge in [0.1, 0.15) is 6.04 Å². The third-order valence-electron chi connectivity index (χ3n) is 7.50. The lowest BCUT2D eigenvalue weighted by atomic mass is 10.0. The van der Waals surface area contributed by atoms with Crippen molar-refractivity contribution in [2.75, 3.05) is 18.4 Å². The minimum Gasteiger partial charge on any atom is -0.380 e. The summed E-state index contributed by atoms with van der Waals surface area (Å²) in [5.41, 5.74) is 2.84. The van der Waals surface area contributed by atoms with Gasteiger partial charge in [0.2, 0.25) is 17.7 Å². The SMILES string of the molecule is O=C1CCC(N2Cc3cccc(NCc4cnn(C5CCN(C(=O)CCC(F)(F)F)CC5)c4)c3C2=O)C(=O)N1. The molecule has 0 saturated carbocycles. The predicted molar refractivity (Wildman–Crippen MR) is 132 cm³/mol. The molecule has 2 fully saturated rings. The van der Waals surface area contributed by atoms with Crippen molar-refractivity contribution in [2.45, 2.75) is 69.9 Å². The van der Waals surface area contributed by atoms with Gasteiger partial charge in [-0.25, -0.2) is 0 Å². The highest BCUT2D eigenvalue weighted by atomic mass is 19.4. The third-order valence-corrected chi connectivity index (χ3v) is 7.50. The first-order valence-corrected chi connectivity index (χ1v) is 13.0. The first-order chi connectivity index (χ1) is 18.6. The molecule has 1 aromatic carbocycles. The van der Waals surface area contributed by atoms with E-state index in [-0.39, 0.29) is 24.3 Å². The number of amides is 4. The lowest BCUT2D eigenvalue weighted by Gasteiger charge is -2.32. The van der Waals surface area contributed by atoms with Gasteiger partial charge < -0.3 is 15.1 Å². The van der Waals surface area contributed by atoms with Gasteiger partial charge in [0.15, 0.2) is 0 Å². The molecule has 0 bridgehead atoms. The number of hydrogen-bond acceptors (Lipinski definition) is 6. The standard InChI is InChI=1S/C26H29F3N6O4/c27-26(28,29)9-6-22(37)33-10-7-18(8-11-33)35-14-16(13-31-35)12-30-19-3-1-2-17-15-34(25(39)23(17)19)20-4-5-21(36)32-24(20)38/h1-3,13-14,18,20,30H,4-12,15H2,(H,32,36,38). The summed E-state index contributed by atoms with van der Waals surface area (Å²) in [6, 6.07) is 4.86. The summed E-state index contributed by atoms with van der Waals surface area (Å²) in [6.45, 7) is 1.47. The van der Waals surface area contributed by atoms with E-state index in [0.717, 1.165) is 11.1 Å². The molecule has 2 aromatic rings.